The van der Waals surface area contributed by atoms with Crippen LogP contribution in [0, 0.1) is 17.3 Å². The number of esters is 1. The summed E-state index contributed by atoms with van der Waals surface area (Å²) < 4.78 is 16.6. The van der Waals surface area contributed by atoms with Crippen LogP contribution in [0.4, 0.5) is 0 Å². The average Bonchev–Trinajstić information content (AvgIpc) is 2.58. The maximum atomic E-state index is 12.8. The first kappa shape index (κ1) is 17.7. The minimum Gasteiger partial charge on any atom is -0.494 e. The molecule has 142 valence electrons. The molecule has 5 heteroatoms. The smallest absolute Gasteiger partial charge is 0.312 e. The van der Waals surface area contributed by atoms with E-state index in [-0.39, 0.29) is 12.6 Å². The van der Waals surface area contributed by atoms with Crippen LogP contribution in [0.5, 0.6) is 11.5 Å². The molecule has 0 aromatic heterocycles. The molecule has 4 bridgehead atoms. The third kappa shape index (κ3) is 3.41. The lowest BCUT2D eigenvalue weighted by molar-refractivity contribution is -0.196. The molecule has 1 aromatic carbocycles. The topological polar surface area (TPSA) is 65.0 Å². The highest BCUT2D eigenvalue weighted by Gasteiger charge is 2.60. The average molecular weight is 360 g/mol. The largest absolute Gasteiger partial charge is 0.494 e. The van der Waals surface area contributed by atoms with E-state index in [2.05, 4.69) is 0 Å². The van der Waals surface area contributed by atoms with Gasteiger partial charge in [0.1, 0.15) is 24.7 Å². The molecule has 26 heavy (non-hydrogen) atoms. The van der Waals surface area contributed by atoms with Crippen LogP contribution in [-0.2, 0) is 9.53 Å². The Balaban J connectivity index is 1.27. The van der Waals surface area contributed by atoms with Gasteiger partial charge in [0, 0.05) is 0 Å². The molecule has 2 atom stereocenters. The van der Waals surface area contributed by atoms with Gasteiger partial charge in [-0.3, -0.25) is 4.79 Å². The van der Waals surface area contributed by atoms with Gasteiger partial charge in [0.25, 0.3) is 0 Å². The lowest BCUT2D eigenvalue weighted by Gasteiger charge is -2.58. The normalized spacial score (nSPS) is 34.5. The fraction of sp³-hybridized carbons (Fsp3) is 0.667. The molecule has 0 unspecified atom stereocenters. The quantitative estimate of drug-likeness (QED) is 0.597. The summed E-state index contributed by atoms with van der Waals surface area (Å²) in [5.41, 5.74) is -1.10. The van der Waals surface area contributed by atoms with Crippen LogP contribution in [0.25, 0.3) is 0 Å². The van der Waals surface area contributed by atoms with Crippen LogP contribution in [0.15, 0.2) is 24.3 Å². The van der Waals surface area contributed by atoms with Crippen LogP contribution in [0.1, 0.15) is 45.4 Å². The van der Waals surface area contributed by atoms with Crippen LogP contribution >= 0.6 is 0 Å². The van der Waals surface area contributed by atoms with Crippen molar-refractivity contribution < 1.29 is 24.1 Å². The van der Waals surface area contributed by atoms with Crippen LogP contribution in [0.3, 0.4) is 0 Å². The van der Waals surface area contributed by atoms with E-state index in [0.29, 0.717) is 31.5 Å². The summed E-state index contributed by atoms with van der Waals surface area (Å²) in [6, 6.07) is 7.42. The number of hydrogen-bond acceptors (Lipinski definition) is 5. The van der Waals surface area contributed by atoms with Gasteiger partial charge >= 0.3 is 5.97 Å². The number of aliphatic hydroxyl groups is 1. The fourth-order valence-corrected chi connectivity index (χ4v) is 5.70. The Morgan fingerprint density at radius 3 is 2.23 bits per heavy atom. The van der Waals surface area contributed by atoms with Gasteiger partial charge in [-0.25, -0.2) is 0 Å². The van der Waals surface area contributed by atoms with Crippen molar-refractivity contribution in [3.05, 3.63) is 24.3 Å². The number of carbonyl (C=O) groups excluding carboxylic acids is 1. The van der Waals surface area contributed by atoms with Crippen LogP contribution in [0.2, 0.25) is 0 Å². The van der Waals surface area contributed by atoms with Crippen LogP contribution in [-0.4, -0.2) is 36.5 Å². The second kappa shape index (κ2) is 6.76. The Morgan fingerprint density at radius 1 is 1.04 bits per heavy atom. The summed E-state index contributed by atoms with van der Waals surface area (Å²) in [4.78, 5) is 12.8. The van der Waals surface area contributed by atoms with E-state index < -0.39 is 11.0 Å². The highest BCUT2D eigenvalue weighted by Crippen LogP contribution is 2.61. The Kier molecular flexibility index (Phi) is 4.59. The number of rotatable bonds is 7. The molecular formula is C21H28O5. The summed E-state index contributed by atoms with van der Waals surface area (Å²) in [5.74, 6) is 2.36. The molecule has 0 amide bonds. The minimum absolute atomic E-state index is 0.139. The van der Waals surface area contributed by atoms with Gasteiger partial charge in [0.05, 0.1) is 17.6 Å². The van der Waals surface area contributed by atoms with Crippen molar-refractivity contribution in [1.29, 1.82) is 0 Å². The van der Waals surface area contributed by atoms with Gasteiger partial charge in [0.15, 0.2) is 0 Å². The summed E-state index contributed by atoms with van der Waals surface area (Å²) in [6.45, 7) is 3.14. The first-order chi connectivity index (χ1) is 12.5. The molecule has 1 aromatic rings. The van der Waals surface area contributed by atoms with Crippen molar-refractivity contribution in [3.63, 3.8) is 0 Å². The molecule has 4 fully saturated rings. The molecule has 0 heterocycles. The zero-order chi connectivity index (χ0) is 18.2. The first-order valence-electron chi connectivity index (χ1n) is 9.76. The Morgan fingerprint density at radius 2 is 1.65 bits per heavy atom. The lowest BCUT2D eigenvalue weighted by Crippen LogP contribution is -2.58. The van der Waals surface area contributed by atoms with Crippen LogP contribution < -0.4 is 9.47 Å². The van der Waals surface area contributed by atoms with Gasteiger partial charge in [-0.15, -0.1) is 0 Å². The van der Waals surface area contributed by atoms with Crippen molar-refractivity contribution in [2.24, 2.45) is 17.3 Å². The van der Waals surface area contributed by atoms with Crippen molar-refractivity contribution in [1.82, 2.24) is 0 Å². The maximum absolute atomic E-state index is 12.8. The van der Waals surface area contributed by atoms with E-state index in [0.717, 1.165) is 43.6 Å². The summed E-state index contributed by atoms with van der Waals surface area (Å²) in [5, 5.41) is 10.8. The van der Waals surface area contributed by atoms with Gasteiger partial charge in [0.2, 0.25) is 0 Å². The molecule has 5 nitrogen and oxygen atoms in total. The number of hydrogen-bond donors (Lipinski definition) is 1. The lowest BCUT2D eigenvalue weighted by atomic mass is 9.48. The molecule has 4 aliphatic carbocycles. The maximum Gasteiger partial charge on any atom is 0.312 e. The number of benzene rings is 1. The Labute approximate surface area is 154 Å². The summed E-state index contributed by atoms with van der Waals surface area (Å²) in [7, 11) is 0. The van der Waals surface area contributed by atoms with E-state index in [1.165, 1.54) is 0 Å². The molecule has 1 N–H and O–H groups in total. The second-order valence-electron chi connectivity index (χ2n) is 8.35. The second-order valence-corrected chi connectivity index (χ2v) is 8.35. The highest BCUT2D eigenvalue weighted by atomic mass is 16.6. The Hall–Kier alpha value is -1.75. The van der Waals surface area contributed by atoms with Crippen molar-refractivity contribution in [2.75, 3.05) is 19.8 Å². The number of carbonyl (C=O) groups is 1. The van der Waals surface area contributed by atoms with Gasteiger partial charge in [-0.1, -0.05) is 0 Å². The zero-order valence-electron chi connectivity index (χ0n) is 15.4. The van der Waals surface area contributed by atoms with Crippen molar-refractivity contribution >= 4 is 5.97 Å². The third-order valence-corrected chi connectivity index (χ3v) is 6.18. The molecule has 5 rings (SSSR count). The molecule has 0 saturated heterocycles. The highest BCUT2D eigenvalue weighted by molar-refractivity contribution is 5.77. The van der Waals surface area contributed by atoms with Gasteiger partial charge < -0.3 is 19.3 Å². The van der Waals surface area contributed by atoms with E-state index in [4.69, 9.17) is 14.2 Å². The molecule has 0 radical (unpaired) electrons. The monoisotopic (exact) mass is 360 g/mol. The van der Waals surface area contributed by atoms with E-state index in [1.807, 2.05) is 31.2 Å². The minimum atomic E-state index is -0.637. The van der Waals surface area contributed by atoms with Gasteiger partial charge in [-0.05, 0) is 81.5 Å². The SMILES string of the molecule is CCOc1ccc(OCCOC(=O)C23C[C@H]4C[C@@H](CC(O)(C4)C2)C3)cc1. The molecule has 0 aliphatic heterocycles. The predicted molar refractivity (Wildman–Crippen MR) is 96.1 cm³/mol. The molecular weight excluding hydrogens is 332 g/mol. The van der Waals surface area contributed by atoms with Crippen molar-refractivity contribution in [2.45, 2.75) is 51.0 Å². The van der Waals surface area contributed by atoms with Crippen molar-refractivity contribution in [3.8, 4) is 11.5 Å². The fourth-order valence-electron chi connectivity index (χ4n) is 5.70. The summed E-state index contributed by atoms with van der Waals surface area (Å²) >= 11 is 0. The first-order valence-corrected chi connectivity index (χ1v) is 9.76. The molecule has 0 spiro atoms. The van der Waals surface area contributed by atoms with E-state index in [1.54, 1.807) is 0 Å². The predicted octanol–water partition coefficient (Wildman–Crippen LogP) is 3.34. The Bertz CT molecular complexity index is 639. The third-order valence-electron chi connectivity index (χ3n) is 6.18. The standard InChI is InChI=1S/C21H28O5/c1-2-24-17-3-5-18(6-4-17)25-7-8-26-19(22)20-10-15-9-16(11-20)13-21(23,12-15)14-20/h3-6,15-16,23H,2,7-14H2,1H3/t15-,16-,20?,21?/m1/s1. The number of ether oxygens (including phenoxy) is 3. The summed E-state index contributed by atoms with van der Waals surface area (Å²) in [6.07, 6.45) is 5.22. The molecule has 4 aliphatic rings. The molecule has 4 saturated carbocycles. The zero-order valence-corrected chi connectivity index (χ0v) is 15.4. The van der Waals surface area contributed by atoms with E-state index in [9.17, 15) is 9.90 Å². The van der Waals surface area contributed by atoms with E-state index >= 15 is 0 Å². The van der Waals surface area contributed by atoms with Gasteiger partial charge in [-0.2, -0.15) is 0 Å².